The van der Waals surface area contributed by atoms with Crippen LogP contribution in [0.3, 0.4) is 0 Å². The third kappa shape index (κ3) is 5.86. The lowest BCUT2D eigenvalue weighted by Crippen LogP contribution is -2.41. The Labute approximate surface area is 186 Å². The Hall–Kier alpha value is -2.38. The van der Waals surface area contributed by atoms with Crippen LogP contribution in [0.4, 0.5) is 0 Å². The molecule has 0 unspecified atom stereocenters. The van der Waals surface area contributed by atoms with Gasteiger partial charge in [0.05, 0.1) is 24.1 Å². The molecule has 0 aliphatic carbocycles. The van der Waals surface area contributed by atoms with Crippen LogP contribution in [0.1, 0.15) is 54.6 Å². The smallest absolute Gasteiger partial charge is 0.243 e. The number of aryl methyl sites for hydroxylation is 4. The first-order chi connectivity index (χ1) is 14.5. The fourth-order valence-corrected chi connectivity index (χ4v) is 5.08. The first-order valence-corrected chi connectivity index (χ1v) is 12.1. The van der Waals surface area contributed by atoms with Crippen LogP contribution in [-0.4, -0.2) is 38.3 Å². The van der Waals surface area contributed by atoms with Gasteiger partial charge in [-0.25, -0.2) is 8.42 Å². The zero-order chi connectivity index (χ0) is 23.3. The Morgan fingerprint density at radius 1 is 1.00 bits per heavy atom. The molecule has 1 amide bonds. The van der Waals surface area contributed by atoms with Crippen molar-refractivity contribution in [2.45, 2.75) is 59.4 Å². The van der Waals surface area contributed by atoms with Gasteiger partial charge >= 0.3 is 0 Å². The Kier molecular flexibility index (Phi) is 8.26. The van der Waals surface area contributed by atoms with E-state index >= 15 is 0 Å². The molecule has 0 saturated heterocycles. The SMILES string of the molecule is CCOc1ccc(S(=O)(=O)N(CC)CC(=O)N[C@H](C)c2cc(C)c(C)cc2C)cc1C. The molecule has 1 N–H and O–H groups in total. The summed E-state index contributed by atoms with van der Waals surface area (Å²) in [6, 6.07) is 8.72. The van der Waals surface area contributed by atoms with Crippen molar-refractivity contribution in [1.29, 1.82) is 0 Å². The monoisotopic (exact) mass is 446 g/mol. The minimum Gasteiger partial charge on any atom is -0.494 e. The van der Waals surface area contributed by atoms with Gasteiger partial charge in [-0.3, -0.25) is 4.79 Å². The summed E-state index contributed by atoms with van der Waals surface area (Å²) in [5.41, 5.74) is 5.23. The zero-order valence-electron chi connectivity index (χ0n) is 19.6. The van der Waals surface area contributed by atoms with Crippen LogP contribution in [0.25, 0.3) is 0 Å². The van der Waals surface area contributed by atoms with E-state index in [-0.39, 0.29) is 29.9 Å². The number of nitrogens with zero attached hydrogens (tertiary/aromatic N) is 1. The maximum absolute atomic E-state index is 13.1. The van der Waals surface area contributed by atoms with Crippen LogP contribution in [0.2, 0.25) is 0 Å². The number of hydrogen-bond acceptors (Lipinski definition) is 4. The molecule has 6 nitrogen and oxygen atoms in total. The van der Waals surface area contributed by atoms with Crippen LogP contribution in [0.5, 0.6) is 5.75 Å². The number of likely N-dealkylation sites (N-methyl/N-ethyl adjacent to an activating group) is 1. The summed E-state index contributed by atoms with van der Waals surface area (Å²) >= 11 is 0. The van der Waals surface area contributed by atoms with E-state index in [1.807, 2.05) is 27.7 Å². The molecule has 2 aromatic carbocycles. The number of amides is 1. The molecule has 31 heavy (non-hydrogen) atoms. The Balaban J connectivity index is 2.17. The Bertz CT molecular complexity index is 1050. The third-order valence-electron chi connectivity index (χ3n) is 5.48. The van der Waals surface area contributed by atoms with Crippen molar-refractivity contribution in [2.24, 2.45) is 0 Å². The molecular weight excluding hydrogens is 412 g/mol. The van der Waals surface area contributed by atoms with Gasteiger partial charge in [0.15, 0.2) is 0 Å². The number of sulfonamides is 1. The molecule has 0 spiro atoms. The fourth-order valence-electron chi connectivity index (χ4n) is 3.59. The number of carbonyl (C=O) groups is 1. The van der Waals surface area contributed by atoms with Crippen molar-refractivity contribution in [3.05, 3.63) is 58.1 Å². The molecule has 2 rings (SSSR count). The average molecular weight is 447 g/mol. The topological polar surface area (TPSA) is 75.7 Å². The summed E-state index contributed by atoms with van der Waals surface area (Å²) in [6.45, 7) is 13.9. The van der Waals surface area contributed by atoms with Gasteiger partial charge in [0.25, 0.3) is 0 Å². The number of carbonyl (C=O) groups excluding carboxylic acids is 1. The highest BCUT2D eigenvalue weighted by Gasteiger charge is 2.26. The molecule has 0 heterocycles. The van der Waals surface area contributed by atoms with Gasteiger partial charge in [-0.2, -0.15) is 4.31 Å². The quantitative estimate of drug-likeness (QED) is 0.626. The molecule has 7 heteroatoms. The van der Waals surface area contributed by atoms with E-state index in [0.29, 0.717) is 12.4 Å². The van der Waals surface area contributed by atoms with Gasteiger partial charge < -0.3 is 10.1 Å². The minimum absolute atomic E-state index is 0.154. The van der Waals surface area contributed by atoms with E-state index in [2.05, 4.69) is 24.4 Å². The number of ether oxygens (including phenoxy) is 1. The zero-order valence-corrected chi connectivity index (χ0v) is 20.4. The Morgan fingerprint density at radius 2 is 1.65 bits per heavy atom. The lowest BCUT2D eigenvalue weighted by molar-refractivity contribution is -0.121. The first-order valence-electron chi connectivity index (χ1n) is 10.6. The normalized spacial score (nSPS) is 12.6. The summed E-state index contributed by atoms with van der Waals surface area (Å²) in [6.07, 6.45) is 0. The predicted octanol–water partition coefficient (Wildman–Crippen LogP) is 4.21. The van der Waals surface area contributed by atoms with Crippen LogP contribution in [-0.2, 0) is 14.8 Å². The van der Waals surface area contributed by atoms with Crippen LogP contribution in [0.15, 0.2) is 35.2 Å². The molecule has 0 aromatic heterocycles. The van der Waals surface area contributed by atoms with E-state index in [4.69, 9.17) is 4.74 Å². The second-order valence-corrected chi connectivity index (χ2v) is 9.81. The van der Waals surface area contributed by atoms with E-state index in [1.54, 1.807) is 26.0 Å². The van der Waals surface area contributed by atoms with Crippen LogP contribution >= 0.6 is 0 Å². The predicted molar refractivity (Wildman–Crippen MR) is 124 cm³/mol. The summed E-state index contributed by atoms with van der Waals surface area (Å²) in [4.78, 5) is 12.9. The van der Waals surface area contributed by atoms with Gasteiger partial charge in [0.1, 0.15) is 5.75 Å². The second kappa shape index (κ2) is 10.3. The first kappa shape index (κ1) is 24.9. The Morgan fingerprint density at radius 3 is 2.23 bits per heavy atom. The second-order valence-electron chi connectivity index (χ2n) is 7.87. The van der Waals surface area contributed by atoms with E-state index in [9.17, 15) is 13.2 Å². The van der Waals surface area contributed by atoms with Crippen molar-refractivity contribution in [2.75, 3.05) is 19.7 Å². The van der Waals surface area contributed by atoms with E-state index in [0.717, 1.165) is 22.3 Å². The molecule has 1 atom stereocenters. The van der Waals surface area contributed by atoms with E-state index in [1.165, 1.54) is 15.9 Å². The van der Waals surface area contributed by atoms with Gasteiger partial charge in [-0.05, 0) is 87.6 Å². The highest BCUT2D eigenvalue weighted by atomic mass is 32.2. The maximum atomic E-state index is 13.1. The largest absolute Gasteiger partial charge is 0.494 e. The molecule has 0 aliphatic rings. The van der Waals surface area contributed by atoms with Gasteiger partial charge in [0.2, 0.25) is 15.9 Å². The molecule has 0 aliphatic heterocycles. The lowest BCUT2D eigenvalue weighted by Gasteiger charge is -2.23. The fraction of sp³-hybridized carbons (Fsp3) is 0.458. The van der Waals surface area contributed by atoms with Crippen molar-refractivity contribution in [3.63, 3.8) is 0 Å². The minimum atomic E-state index is -3.80. The molecule has 170 valence electrons. The van der Waals surface area contributed by atoms with Gasteiger partial charge in [-0.1, -0.05) is 19.1 Å². The van der Waals surface area contributed by atoms with Crippen LogP contribution in [0, 0.1) is 27.7 Å². The number of nitrogens with one attached hydrogen (secondary N) is 1. The average Bonchev–Trinajstić information content (AvgIpc) is 2.70. The number of benzene rings is 2. The summed E-state index contributed by atoms with van der Waals surface area (Å²) in [7, 11) is -3.80. The van der Waals surface area contributed by atoms with Crippen molar-refractivity contribution >= 4 is 15.9 Å². The molecule has 0 fully saturated rings. The molecule has 0 bridgehead atoms. The summed E-state index contributed by atoms with van der Waals surface area (Å²) in [5.74, 6) is 0.318. The molecular formula is C24H34N2O4S. The lowest BCUT2D eigenvalue weighted by atomic mass is 9.96. The number of hydrogen-bond donors (Lipinski definition) is 1. The summed E-state index contributed by atoms with van der Waals surface area (Å²) in [5, 5.41) is 2.94. The van der Waals surface area contributed by atoms with Gasteiger partial charge in [0, 0.05) is 6.54 Å². The van der Waals surface area contributed by atoms with Crippen molar-refractivity contribution < 1.29 is 17.9 Å². The van der Waals surface area contributed by atoms with Crippen LogP contribution < -0.4 is 10.1 Å². The van der Waals surface area contributed by atoms with Crippen molar-refractivity contribution in [1.82, 2.24) is 9.62 Å². The van der Waals surface area contributed by atoms with Crippen molar-refractivity contribution in [3.8, 4) is 5.75 Å². The van der Waals surface area contributed by atoms with E-state index < -0.39 is 10.0 Å². The molecule has 2 aromatic rings. The molecule has 0 radical (unpaired) electrons. The standard InChI is InChI=1S/C24H34N2O4S/c1-8-26(31(28,29)21-10-11-23(30-9-2)19(6)13-21)15-24(27)25-20(7)22-14-17(4)16(3)12-18(22)5/h10-14,20H,8-9,15H2,1-7H3,(H,25,27)/t20-/m1/s1. The third-order valence-corrected chi connectivity index (χ3v) is 7.40. The highest BCUT2D eigenvalue weighted by Crippen LogP contribution is 2.25. The molecule has 0 saturated carbocycles. The van der Waals surface area contributed by atoms with Gasteiger partial charge in [-0.15, -0.1) is 0 Å². The number of rotatable bonds is 9. The summed E-state index contributed by atoms with van der Waals surface area (Å²) < 4.78 is 32.9. The highest BCUT2D eigenvalue weighted by molar-refractivity contribution is 7.89. The maximum Gasteiger partial charge on any atom is 0.243 e.